The van der Waals surface area contributed by atoms with Gasteiger partial charge in [0.25, 0.3) is 5.82 Å². The molecule has 36 heavy (non-hydrogen) atoms. The molecule has 0 amide bonds. The molecule has 0 saturated heterocycles. The molecule has 2 aromatic heterocycles. The van der Waals surface area contributed by atoms with Crippen molar-refractivity contribution < 1.29 is 13.9 Å². The number of nitrogens with zero attached hydrogens (tertiary/aromatic N) is 4. The summed E-state index contributed by atoms with van der Waals surface area (Å²) < 4.78 is 27.6. The van der Waals surface area contributed by atoms with Gasteiger partial charge in [-0.25, -0.2) is 14.4 Å². The molecule has 0 radical (unpaired) electrons. The zero-order chi connectivity index (χ0) is 25.1. The van der Waals surface area contributed by atoms with Crippen molar-refractivity contribution in [3.05, 3.63) is 95.2 Å². The molecule has 0 spiro atoms. The van der Waals surface area contributed by atoms with E-state index in [0.717, 1.165) is 29.7 Å². The predicted octanol–water partition coefficient (Wildman–Crippen LogP) is 6.88. The molecule has 4 aromatic rings. The summed E-state index contributed by atoms with van der Waals surface area (Å²) in [6, 6.07) is 11.5. The lowest BCUT2D eigenvalue weighted by Crippen LogP contribution is -1.99. The third-order valence-electron chi connectivity index (χ3n) is 6.38. The summed E-state index contributed by atoms with van der Waals surface area (Å²) in [5, 5.41) is 0. The number of rotatable bonds is 7. The molecule has 1 aliphatic rings. The average Bonchev–Trinajstić information content (AvgIpc) is 3.51. The Hall–Kier alpha value is -4.38. The molecule has 8 heteroatoms. The maximum absolute atomic E-state index is 14.2. The highest BCUT2D eigenvalue weighted by Gasteiger charge is 2.25. The van der Waals surface area contributed by atoms with Crippen LogP contribution in [0.5, 0.6) is 17.2 Å². The van der Waals surface area contributed by atoms with E-state index in [2.05, 4.69) is 14.8 Å². The predicted molar refractivity (Wildman–Crippen MR) is 135 cm³/mol. The number of halogens is 1. The van der Waals surface area contributed by atoms with Gasteiger partial charge in [-0.1, -0.05) is 19.4 Å². The molecule has 0 bridgehead atoms. The molecule has 1 saturated carbocycles. The number of nitrogen functional groups attached to an aromatic ring is 1. The molecule has 182 valence electrons. The van der Waals surface area contributed by atoms with Crippen molar-refractivity contribution in [2.24, 2.45) is 0 Å². The van der Waals surface area contributed by atoms with Crippen molar-refractivity contribution in [3.63, 3.8) is 0 Å². The second kappa shape index (κ2) is 10.1. The van der Waals surface area contributed by atoms with Crippen molar-refractivity contribution in [1.29, 1.82) is 0 Å². The number of nitrogens with two attached hydrogens (primary N) is 1. The minimum atomic E-state index is -0.469. The summed E-state index contributed by atoms with van der Waals surface area (Å²) in [6.07, 6.45) is 9.95. The summed E-state index contributed by atoms with van der Waals surface area (Å²) in [5.41, 5.74) is 9.57. The summed E-state index contributed by atoms with van der Waals surface area (Å²) in [7, 11) is 0. The Kier molecular flexibility index (Phi) is 6.54. The lowest BCUT2D eigenvalue weighted by molar-refractivity contribution is 0.301. The Labute approximate surface area is 209 Å². The van der Waals surface area contributed by atoms with Gasteiger partial charge in [-0.3, -0.25) is 4.57 Å². The number of benzene rings is 2. The number of hydrogen-bond donors (Lipinski definition) is 1. The Balaban J connectivity index is 1.31. The van der Waals surface area contributed by atoms with Crippen molar-refractivity contribution in [2.45, 2.75) is 45.1 Å². The molecule has 0 unspecified atom stereocenters. The first-order chi connectivity index (χ1) is 17.5. The quantitative estimate of drug-likeness (QED) is 0.290. The van der Waals surface area contributed by atoms with E-state index in [1.165, 1.54) is 25.0 Å². The first-order valence-electron chi connectivity index (χ1n) is 11.9. The van der Waals surface area contributed by atoms with Crippen LogP contribution < -0.4 is 15.2 Å². The fourth-order valence-electron chi connectivity index (χ4n) is 4.55. The van der Waals surface area contributed by atoms with Gasteiger partial charge in [0, 0.05) is 41.7 Å². The van der Waals surface area contributed by atoms with Crippen LogP contribution in [0.1, 0.15) is 48.6 Å². The fourth-order valence-corrected chi connectivity index (χ4v) is 4.55. The van der Waals surface area contributed by atoms with E-state index in [9.17, 15) is 4.39 Å². The standard InChI is InChI=1S/C28H26FN5O2/c1-18-32-14-19(15-33-18)17-35-24-11-21(29)12-25(13-24)36-23-9-7-22(8-10-23)34-16-26(20-5-3-4-6-20)27(30)28(34)31-2/h7-16,20H,3-6,17,30H2,1H3. The van der Waals surface area contributed by atoms with Crippen LogP contribution in [-0.4, -0.2) is 14.5 Å². The highest BCUT2D eigenvalue weighted by molar-refractivity contribution is 5.72. The SMILES string of the molecule is [C-]#[N+]c1c(N)c(C2CCCC2)cn1-c1ccc(Oc2cc(F)cc(OCc3cnc(C)nc3)c2)cc1. The first-order valence-corrected chi connectivity index (χ1v) is 11.9. The van der Waals surface area contributed by atoms with Gasteiger partial charge >= 0.3 is 0 Å². The van der Waals surface area contributed by atoms with Gasteiger partial charge in [0.05, 0.1) is 11.9 Å². The van der Waals surface area contributed by atoms with Crippen molar-refractivity contribution in [2.75, 3.05) is 5.73 Å². The van der Waals surface area contributed by atoms with Crippen LogP contribution >= 0.6 is 0 Å². The molecule has 0 atom stereocenters. The van der Waals surface area contributed by atoms with Crippen LogP contribution in [0.2, 0.25) is 0 Å². The Morgan fingerprint density at radius 3 is 2.44 bits per heavy atom. The van der Waals surface area contributed by atoms with Crippen LogP contribution in [0.4, 0.5) is 15.9 Å². The Morgan fingerprint density at radius 1 is 1.06 bits per heavy atom. The van der Waals surface area contributed by atoms with Crippen LogP contribution in [0.25, 0.3) is 10.5 Å². The largest absolute Gasteiger partial charge is 0.489 e. The maximum atomic E-state index is 14.2. The lowest BCUT2D eigenvalue weighted by Gasteiger charge is -2.10. The van der Waals surface area contributed by atoms with E-state index >= 15 is 0 Å². The van der Waals surface area contributed by atoms with Gasteiger partial charge in [0.15, 0.2) is 0 Å². The summed E-state index contributed by atoms with van der Waals surface area (Å²) in [4.78, 5) is 12.0. The summed E-state index contributed by atoms with van der Waals surface area (Å²) in [6.45, 7) is 9.65. The van der Waals surface area contributed by atoms with Gasteiger partial charge in [0.1, 0.15) is 41.2 Å². The fraction of sp³-hybridized carbons (Fsp3) is 0.250. The van der Waals surface area contributed by atoms with E-state index in [4.69, 9.17) is 21.8 Å². The molecule has 2 N–H and O–H groups in total. The average molecular weight is 484 g/mol. The number of aromatic nitrogens is 3. The molecule has 1 aliphatic carbocycles. The van der Waals surface area contributed by atoms with E-state index in [-0.39, 0.29) is 6.61 Å². The van der Waals surface area contributed by atoms with Crippen LogP contribution in [0.3, 0.4) is 0 Å². The van der Waals surface area contributed by atoms with Crippen molar-refractivity contribution >= 4 is 11.5 Å². The highest BCUT2D eigenvalue weighted by Crippen LogP contribution is 2.42. The van der Waals surface area contributed by atoms with E-state index in [1.807, 2.05) is 22.9 Å². The maximum Gasteiger partial charge on any atom is 0.258 e. The topological polar surface area (TPSA) is 79.6 Å². The van der Waals surface area contributed by atoms with Crippen LogP contribution in [0, 0.1) is 19.3 Å². The third kappa shape index (κ3) is 5.01. The van der Waals surface area contributed by atoms with Gasteiger partial charge in [-0.05, 0) is 49.9 Å². The molecular weight excluding hydrogens is 457 g/mol. The lowest BCUT2D eigenvalue weighted by atomic mass is 9.99. The highest BCUT2D eigenvalue weighted by atomic mass is 19.1. The number of hydrogen-bond acceptors (Lipinski definition) is 5. The second-order valence-corrected chi connectivity index (χ2v) is 8.93. The van der Waals surface area contributed by atoms with Gasteiger partial charge < -0.3 is 20.1 Å². The molecule has 7 nitrogen and oxygen atoms in total. The minimum Gasteiger partial charge on any atom is -0.489 e. The Bertz CT molecular complexity index is 1400. The zero-order valence-electron chi connectivity index (χ0n) is 19.9. The van der Waals surface area contributed by atoms with Gasteiger partial charge in [-0.2, -0.15) is 0 Å². The summed E-state index contributed by atoms with van der Waals surface area (Å²) in [5.74, 6) is 2.23. The molecule has 2 heterocycles. The monoisotopic (exact) mass is 483 g/mol. The number of anilines is 1. The normalized spacial score (nSPS) is 13.5. The summed E-state index contributed by atoms with van der Waals surface area (Å²) >= 11 is 0. The van der Waals surface area contributed by atoms with E-state index in [0.29, 0.717) is 40.5 Å². The molecule has 0 aliphatic heterocycles. The Morgan fingerprint density at radius 2 is 1.75 bits per heavy atom. The third-order valence-corrected chi connectivity index (χ3v) is 6.38. The molecule has 5 rings (SSSR count). The minimum absolute atomic E-state index is 0.212. The number of ether oxygens (including phenoxy) is 2. The van der Waals surface area contributed by atoms with Crippen molar-refractivity contribution in [3.8, 4) is 22.9 Å². The molecule has 1 fully saturated rings. The van der Waals surface area contributed by atoms with Crippen LogP contribution in [0.15, 0.2) is 61.1 Å². The van der Waals surface area contributed by atoms with Gasteiger partial charge in [-0.15, -0.1) is 0 Å². The van der Waals surface area contributed by atoms with E-state index in [1.54, 1.807) is 37.5 Å². The zero-order valence-corrected chi connectivity index (χ0v) is 19.9. The van der Waals surface area contributed by atoms with Gasteiger partial charge in [0.2, 0.25) is 0 Å². The molecule has 2 aromatic carbocycles. The smallest absolute Gasteiger partial charge is 0.258 e. The number of aryl methyl sites for hydroxylation is 1. The second-order valence-electron chi connectivity index (χ2n) is 8.93. The first kappa shape index (κ1) is 23.4. The van der Waals surface area contributed by atoms with Crippen molar-refractivity contribution in [1.82, 2.24) is 14.5 Å². The van der Waals surface area contributed by atoms with E-state index < -0.39 is 5.82 Å². The molecular formula is C28H26FN5O2. The van der Waals surface area contributed by atoms with Crippen LogP contribution in [-0.2, 0) is 6.61 Å².